The van der Waals surface area contributed by atoms with E-state index in [4.69, 9.17) is 18.9 Å². The Bertz CT molecular complexity index is 862. The second-order valence-corrected chi connectivity index (χ2v) is 7.17. The Kier molecular flexibility index (Phi) is 5.28. The second kappa shape index (κ2) is 8.00. The molecule has 1 fully saturated rings. The highest BCUT2D eigenvalue weighted by Gasteiger charge is 2.34. The van der Waals surface area contributed by atoms with E-state index in [0.29, 0.717) is 42.7 Å². The zero-order chi connectivity index (χ0) is 19.5. The minimum atomic E-state index is -0.0432. The zero-order valence-electron chi connectivity index (χ0n) is 16.2. The molecule has 2 aromatic rings. The number of carbonyl (C=O) groups excluding carboxylic acids is 1. The van der Waals surface area contributed by atoms with Gasteiger partial charge in [-0.3, -0.25) is 4.79 Å². The average Bonchev–Trinajstić information content (AvgIpc) is 3.56. The van der Waals surface area contributed by atoms with Crippen LogP contribution in [0.1, 0.15) is 30.7 Å². The van der Waals surface area contributed by atoms with Gasteiger partial charge < -0.3 is 24.3 Å². The Morgan fingerprint density at radius 3 is 2.57 bits per heavy atom. The number of anilines is 1. The summed E-state index contributed by atoms with van der Waals surface area (Å²) in [5.41, 5.74) is 1.74. The van der Waals surface area contributed by atoms with Crippen molar-refractivity contribution in [2.24, 2.45) is 5.92 Å². The summed E-state index contributed by atoms with van der Waals surface area (Å²) in [6.07, 6.45) is 2.70. The zero-order valence-corrected chi connectivity index (χ0v) is 16.2. The Morgan fingerprint density at radius 1 is 1.07 bits per heavy atom. The summed E-state index contributed by atoms with van der Waals surface area (Å²) in [6, 6.07) is 11.4. The Labute approximate surface area is 164 Å². The van der Waals surface area contributed by atoms with Crippen molar-refractivity contribution >= 4 is 11.6 Å². The van der Waals surface area contributed by atoms with Gasteiger partial charge in [0.05, 0.1) is 19.9 Å². The molecule has 1 unspecified atom stereocenters. The molecule has 1 atom stereocenters. The second-order valence-electron chi connectivity index (χ2n) is 7.17. The average molecular weight is 383 g/mol. The SMILES string of the molecule is COc1ccc(OC)c(NC(=O)CC(c2ccc3c(c2)OCCO3)C2CC2)c1. The fourth-order valence-electron chi connectivity index (χ4n) is 3.66. The maximum atomic E-state index is 12.8. The number of methoxy groups -OCH3 is 2. The minimum absolute atomic E-state index is 0.0432. The van der Waals surface area contributed by atoms with Crippen molar-refractivity contribution < 1.29 is 23.7 Å². The molecule has 1 aliphatic carbocycles. The molecule has 2 aliphatic rings. The van der Waals surface area contributed by atoms with E-state index in [2.05, 4.69) is 11.4 Å². The summed E-state index contributed by atoms with van der Waals surface area (Å²) in [6.45, 7) is 1.13. The summed E-state index contributed by atoms with van der Waals surface area (Å²) in [5, 5.41) is 2.98. The number of ether oxygens (including phenoxy) is 4. The molecule has 0 spiro atoms. The number of carbonyl (C=O) groups is 1. The molecule has 2 aromatic carbocycles. The molecule has 1 heterocycles. The maximum absolute atomic E-state index is 12.8. The first-order valence-corrected chi connectivity index (χ1v) is 9.59. The molecule has 0 saturated heterocycles. The number of rotatable bonds is 7. The first-order chi connectivity index (χ1) is 13.7. The van der Waals surface area contributed by atoms with Crippen LogP contribution in [0.5, 0.6) is 23.0 Å². The first kappa shape index (κ1) is 18.5. The van der Waals surface area contributed by atoms with Crippen LogP contribution in [0.15, 0.2) is 36.4 Å². The number of hydrogen-bond acceptors (Lipinski definition) is 5. The monoisotopic (exact) mass is 383 g/mol. The van der Waals surface area contributed by atoms with Gasteiger partial charge >= 0.3 is 0 Å². The maximum Gasteiger partial charge on any atom is 0.225 e. The molecule has 0 aromatic heterocycles. The smallest absolute Gasteiger partial charge is 0.225 e. The lowest BCUT2D eigenvalue weighted by Crippen LogP contribution is -2.18. The third kappa shape index (κ3) is 4.01. The van der Waals surface area contributed by atoms with Crippen LogP contribution in [0.25, 0.3) is 0 Å². The van der Waals surface area contributed by atoms with Gasteiger partial charge in [-0.15, -0.1) is 0 Å². The highest BCUT2D eigenvalue weighted by Crippen LogP contribution is 2.46. The summed E-state index contributed by atoms with van der Waals surface area (Å²) in [4.78, 5) is 12.8. The van der Waals surface area contributed by atoms with Crippen molar-refractivity contribution in [1.29, 1.82) is 0 Å². The third-order valence-electron chi connectivity index (χ3n) is 5.27. The lowest BCUT2D eigenvalue weighted by atomic mass is 9.90. The van der Waals surface area contributed by atoms with E-state index in [1.54, 1.807) is 32.4 Å². The fourth-order valence-corrected chi connectivity index (χ4v) is 3.66. The van der Waals surface area contributed by atoms with Crippen molar-refractivity contribution in [2.45, 2.75) is 25.2 Å². The largest absolute Gasteiger partial charge is 0.497 e. The van der Waals surface area contributed by atoms with Crippen LogP contribution < -0.4 is 24.3 Å². The van der Waals surface area contributed by atoms with E-state index in [1.165, 1.54) is 0 Å². The van der Waals surface area contributed by atoms with Crippen molar-refractivity contribution in [2.75, 3.05) is 32.8 Å². The highest BCUT2D eigenvalue weighted by molar-refractivity contribution is 5.93. The highest BCUT2D eigenvalue weighted by atomic mass is 16.6. The van der Waals surface area contributed by atoms with Gasteiger partial charge in [-0.2, -0.15) is 0 Å². The number of amides is 1. The molecular weight excluding hydrogens is 358 g/mol. The quantitative estimate of drug-likeness (QED) is 0.783. The van der Waals surface area contributed by atoms with E-state index in [9.17, 15) is 4.79 Å². The Balaban J connectivity index is 1.50. The number of nitrogens with one attached hydrogen (secondary N) is 1. The van der Waals surface area contributed by atoms with Crippen LogP contribution in [0.2, 0.25) is 0 Å². The van der Waals surface area contributed by atoms with Gasteiger partial charge in [-0.05, 0) is 54.5 Å². The standard InChI is InChI=1S/C22H25NO5/c1-25-16-6-8-19(26-2)18(12-16)23-22(24)13-17(14-3-4-14)15-5-7-20-21(11-15)28-10-9-27-20/h5-8,11-12,14,17H,3-4,9-10,13H2,1-2H3,(H,23,24). The molecule has 148 valence electrons. The lowest BCUT2D eigenvalue weighted by Gasteiger charge is -2.22. The van der Waals surface area contributed by atoms with Crippen LogP contribution >= 0.6 is 0 Å². The molecule has 6 nitrogen and oxygen atoms in total. The lowest BCUT2D eigenvalue weighted by molar-refractivity contribution is -0.116. The molecule has 1 saturated carbocycles. The topological polar surface area (TPSA) is 66.0 Å². The summed E-state index contributed by atoms with van der Waals surface area (Å²) < 4.78 is 21.9. The molecule has 28 heavy (non-hydrogen) atoms. The number of hydrogen-bond donors (Lipinski definition) is 1. The van der Waals surface area contributed by atoms with E-state index < -0.39 is 0 Å². The Hall–Kier alpha value is -2.89. The Morgan fingerprint density at radius 2 is 1.86 bits per heavy atom. The molecule has 1 N–H and O–H groups in total. The number of fused-ring (bicyclic) bond motifs is 1. The molecular formula is C22H25NO5. The van der Waals surface area contributed by atoms with Gasteiger partial charge in [0.25, 0.3) is 0 Å². The van der Waals surface area contributed by atoms with Crippen molar-refractivity contribution in [1.82, 2.24) is 0 Å². The van der Waals surface area contributed by atoms with E-state index in [0.717, 1.165) is 29.9 Å². The van der Waals surface area contributed by atoms with Crippen LogP contribution in [0.4, 0.5) is 5.69 Å². The normalized spacial score (nSPS) is 16.2. The first-order valence-electron chi connectivity index (χ1n) is 9.59. The molecule has 1 amide bonds. The van der Waals surface area contributed by atoms with E-state index in [1.807, 2.05) is 12.1 Å². The summed E-state index contributed by atoms with van der Waals surface area (Å²) in [7, 11) is 3.18. The van der Waals surface area contributed by atoms with Crippen LogP contribution in [-0.2, 0) is 4.79 Å². The molecule has 1 aliphatic heterocycles. The van der Waals surface area contributed by atoms with Crippen molar-refractivity contribution in [3.05, 3.63) is 42.0 Å². The minimum Gasteiger partial charge on any atom is -0.497 e. The predicted octanol–water partition coefficient (Wildman–Crippen LogP) is 4.00. The van der Waals surface area contributed by atoms with Gasteiger partial charge in [-0.1, -0.05) is 6.07 Å². The molecule has 0 radical (unpaired) electrons. The van der Waals surface area contributed by atoms with Crippen molar-refractivity contribution in [3.8, 4) is 23.0 Å². The van der Waals surface area contributed by atoms with Gasteiger partial charge in [0.2, 0.25) is 5.91 Å². The molecule has 6 heteroatoms. The van der Waals surface area contributed by atoms with Gasteiger partial charge in [0.1, 0.15) is 24.7 Å². The predicted molar refractivity (Wildman–Crippen MR) is 106 cm³/mol. The number of benzene rings is 2. The van der Waals surface area contributed by atoms with Crippen LogP contribution in [0.3, 0.4) is 0 Å². The molecule has 0 bridgehead atoms. The fraction of sp³-hybridized carbons (Fsp3) is 0.409. The van der Waals surface area contributed by atoms with Gasteiger partial charge in [0, 0.05) is 12.5 Å². The van der Waals surface area contributed by atoms with Gasteiger partial charge in [0.15, 0.2) is 11.5 Å². The van der Waals surface area contributed by atoms with E-state index >= 15 is 0 Å². The van der Waals surface area contributed by atoms with Gasteiger partial charge in [-0.25, -0.2) is 0 Å². The van der Waals surface area contributed by atoms with Crippen LogP contribution in [-0.4, -0.2) is 33.3 Å². The summed E-state index contributed by atoms with van der Waals surface area (Å²) >= 11 is 0. The molecule has 4 rings (SSSR count). The third-order valence-corrected chi connectivity index (χ3v) is 5.27. The van der Waals surface area contributed by atoms with Crippen LogP contribution in [0, 0.1) is 5.92 Å². The van der Waals surface area contributed by atoms with E-state index in [-0.39, 0.29) is 11.8 Å². The summed E-state index contributed by atoms with van der Waals surface area (Å²) in [5.74, 6) is 3.46. The van der Waals surface area contributed by atoms with Crippen molar-refractivity contribution in [3.63, 3.8) is 0 Å².